The van der Waals surface area contributed by atoms with Gasteiger partial charge in [-0.15, -0.1) is 0 Å². The average Bonchev–Trinajstić information content (AvgIpc) is 2.40. The third-order valence-electron chi connectivity index (χ3n) is 2.74. The highest BCUT2D eigenvalue weighted by Crippen LogP contribution is 2.26. The molecule has 0 aromatic heterocycles. The van der Waals surface area contributed by atoms with Crippen LogP contribution in [0.3, 0.4) is 0 Å². The van der Waals surface area contributed by atoms with E-state index in [9.17, 15) is 4.39 Å². The lowest BCUT2D eigenvalue weighted by atomic mass is 10.1. The van der Waals surface area contributed by atoms with Gasteiger partial charge < -0.3 is 10.5 Å². The zero-order chi connectivity index (χ0) is 13.7. The first-order valence-electron chi connectivity index (χ1n) is 6.05. The van der Waals surface area contributed by atoms with Crippen molar-refractivity contribution in [3.05, 3.63) is 64.4 Å². The van der Waals surface area contributed by atoms with Crippen LogP contribution < -0.4 is 10.5 Å². The smallest absolute Gasteiger partial charge is 0.138 e. The van der Waals surface area contributed by atoms with Crippen LogP contribution in [0.5, 0.6) is 5.75 Å². The molecule has 0 saturated carbocycles. The predicted molar refractivity (Wildman–Crippen MR) is 74.9 cm³/mol. The number of ether oxygens (including phenoxy) is 1. The minimum absolute atomic E-state index is 0.257. The molecule has 0 unspecified atom stereocenters. The second kappa shape index (κ2) is 6.55. The van der Waals surface area contributed by atoms with Crippen LogP contribution in [0.2, 0.25) is 5.02 Å². The van der Waals surface area contributed by atoms with Gasteiger partial charge in [0.25, 0.3) is 0 Å². The maximum Gasteiger partial charge on any atom is 0.138 e. The molecule has 0 amide bonds. The highest BCUT2D eigenvalue weighted by molar-refractivity contribution is 6.32. The van der Waals surface area contributed by atoms with Crippen LogP contribution in [0.4, 0.5) is 4.39 Å². The Labute approximate surface area is 117 Å². The molecule has 2 nitrogen and oxygen atoms in total. The van der Waals surface area contributed by atoms with Gasteiger partial charge in [0.1, 0.15) is 18.2 Å². The van der Waals surface area contributed by atoms with E-state index >= 15 is 0 Å². The summed E-state index contributed by atoms with van der Waals surface area (Å²) in [5.41, 5.74) is 7.47. The largest absolute Gasteiger partial charge is 0.487 e. The van der Waals surface area contributed by atoms with E-state index in [1.807, 2.05) is 18.2 Å². The maximum absolute atomic E-state index is 12.8. The summed E-state index contributed by atoms with van der Waals surface area (Å²) in [4.78, 5) is 0. The van der Waals surface area contributed by atoms with E-state index in [2.05, 4.69) is 0 Å². The first kappa shape index (κ1) is 13.8. The van der Waals surface area contributed by atoms with Gasteiger partial charge in [0.05, 0.1) is 5.02 Å². The third-order valence-corrected chi connectivity index (χ3v) is 3.03. The standard InChI is InChI=1S/C15H15ClFNO/c16-14-9-11(7-8-18)3-6-15(14)19-10-12-1-4-13(17)5-2-12/h1-6,9H,7-8,10,18H2. The van der Waals surface area contributed by atoms with E-state index in [0.29, 0.717) is 23.9 Å². The van der Waals surface area contributed by atoms with Gasteiger partial charge in [-0.05, 0) is 48.4 Å². The summed E-state index contributed by atoms with van der Waals surface area (Å²) in [5, 5.41) is 0.563. The number of rotatable bonds is 5. The molecule has 0 atom stereocenters. The molecule has 19 heavy (non-hydrogen) atoms. The molecule has 0 saturated heterocycles. The van der Waals surface area contributed by atoms with Crippen molar-refractivity contribution in [1.29, 1.82) is 0 Å². The average molecular weight is 280 g/mol. The number of hydrogen-bond acceptors (Lipinski definition) is 2. The molecular formula is C15H15ClFNO. The molecule has 2 aromatic rings. The minimum Gasteiger partial charge on any atom is -0.487 e. The van der Waals surface area contributed by atoms with Gasteiger partial charge in [-0.2, -0.15) is 0 Å². The molecule has 0 aliphatic carbocycles. The number of halogens is 2. The van der Waals surface area contributed by atoms with Crippen LogP contribution in [0.1, 0.15) is 11.1 Å². The molecule has 0 bridgehead atoms. The van der Waals surface area contributed by atoms with E-state index < -0.39 is 0 Å². The van der Waals surface area contributed by atoms with Gasteiger partial charge in [0, 0.05) is 0 Å². The molecule has 4 heteroatoms. The fourth-order valence-corrected chi connectivity index (χ4v) is 1.98. The molecule has 2 rings (SSSR count). The van der Waals surface area contributed by atoms with Crippen molar-refractivity contribution in [2.75, 3.05) is 6.54 Å². The highest BCUT2D eigenvalue weighted by atomic mass is 35.5. The van der Waals surface area contributed by atoms with Crippen molar-refractivity contribution in [3.63, 3.8) is 0 Å². The Morgan fingerprint density at radius 1 is 1.05 bits per heavy atom. The molecule has 100 valence electrons. The van der Waals surface area contributed by atoms with Gasteiger partial charge >= 0.3 is 0 Å². The Hall–Kier alpha value is -1.58. The summed E-state index contributed by atoms with van der Waals surface area (Å²) in [5.74, 6) is 0.361. The lowest BCUT2D eigenvalue weighted by molar-refractivity contribution is 0.306. The van der Waals surface area contributed by atoms with E-state index in [0.717, 1.165) is 17.5 Å². The molecule has 0 aliphatic rings. The zero-order valence-electron chi connectivity index (χ0n) is 10.4. The Bertz CT molecular complexity index is 542. The molecule has 0 radical (unpaired) electrons. The topological polar surface area (TPSA) is 35.2 Å². The maximum atomic E-state index is 12.8. The predicted octanol–water partition coefficient (Wildman–Crippen LogP) is 3.56. The van der Waals surface area contributed by atoms with Crippen LogP contribution in [0.25, 0.3) is 0 Å². The number of hydrogen-bond donors (Lipinski definition) is 1. The van der Waals surface area contributed by atoms with Crippen molar-refractivity contribution in [2.24, 2.45) is 5.73 Å². The van der Waals surface area contributed by atoms with Gasteiger partial charge in [-0.1, -0.05) is 29.8 Å². The van der Waals surface area contributed by atoms with Gasteiger partial charge in [-0.25, -0.2) is 4.39 Å². The molecule has 0 aliphatic heterocycles. The van der Waals surface area contributed by atoms with E-state index in [1.165, 1.54) is 12.1 Å². The van der Waals surface area contributed by atoms with E-state index in [-0.39, 0.29) is 5.82 Å². The fraction of sp³-hybridized carbons (Fsp3) is 0.200. The molecule has 2 N–H and O–H groups in total. The quantitative estimate of drug-likeness (QED) is 0.908. The summed E-state index contributed by atoms with van der Waals surface area (Å²) >= 11 is 6.13. The minimum atomic E-state index is -0.257. The highest BCUT2D eigenvalue weighted by Gasteiger charge is 2.03. The lowest BCUT2D eigenvalue weighted by Crippen LogP contribution is -2.03. The van der Waals surface area contributed by atoms with Crippen molar-refractivity contribution < 1.29 is 9.13 Å². The lowest BCUT2D eigenvalue weighted by Gasteiger charge is -2.09. The summed E-state index contributed by atoms with van der Waals surface area (Å²) < 4.78 is 18.4. The van der Waals surface area contributed by atoms with Gasteiger partial charge in [-0.3, -0.25) is 0 Å². The van der Waals surface area contributed by atoms with E-state index in [4.69, 9.17) is 22.1 Å². The van der Waals surface area contributed by atoms with Crippen molar-refractivity contribution in [3.8, 4) is 5.75 Å². The Morgan fingerprint density at radius 2 is 1.74 bits per heavy atom. The first-order valence-corrected chi connectivity index (χ1v) is 6.42. The third kappa shape index (κ3) is 3.94. The van der Waals surface area contributed by atoms with Crippen molar-refractivity contribution >= 4 is 11.6 Å². The van der Waals surface area contributed by atoms with Crippen molar-refractivity contribution in [1.82, 2.24) is 0 Å². The SMILES string of the molecule is NCCc1ccc(OCc2ccc(F)cc2)c(Cl)c1. The molecule has 0 heterocycles. The van der Waals surface area contributed by atoms with Crippen LogP contribution in [-0.2, 0) is 13.0 Å². The second-order valence-corrected chi connectivity index (χ2v) is 4.63. The Morgan fingerprint density at radius 3 is 2.37 bits per heavy atom. The summed E-state index contributed by atoms with van der Waals surface area (Å²) in [7, 11) is 0. The Balaban J connectivity index is 2.01. The van der Waals surface area contributed by atoms with Crippen LogP contribution >= 0.6 is 11.6 Å². The van der Waals surface area contributed by atoms with Crippen LogP contribution in [-0.4, -0.2) is 6.54 Å². The van der Waals surface area contributed by atoms with Gasteiger partial charge in [0.2, 0.25) is 0 Å². The number of nitrogens with two attached hydrogens (primary N) is 1. The zero-order valence-corrected chi connectivity index (χ0v) is 11.2. The van der Waals surface area contributed by atoms with E-state index in [1.54, 1.807) is 12.1 Å². The molecule has 0 spiro atoms. The number of benzene rings is 2. The molecule has 2 aromatic carbocycles. The fourth-order valence-electron chi connectivity index (χ4n) is 1.73. The summed E-state index contributed by atoms with van der Waals surface area (Å²) in [6.07, 6.45) is 0.790. The van der Waals surface area contributed by atoms with Crippen LogP contribution in [0.15, 0.2) is 42.5 Å². The molecular weight excluding hydrogens is 265 g/mol. The Kier molecular flexibility index (Phi) is 4.77. The van der Waals surface area contributed by atoms with Gasteiger partial charge in [0.15, 0.2) is 0 Å². The molecule has 0 fully saturated rings. The summed E-state index contributed by atoms with van der Waals surface area (Å²) in [6.45, 7) is 0.947. The van der Waals surface area contributed by atoms with Crippen LogP contribution in [0, 0.1) is 5.82 Å². The second-order valence-electron chi connectivity index (χ2n) is 4.22. The monoisotopic (exact) mass is 279 g/mol. The first-order chi connectivity index (χ1) is 9.19. The summed E-state index contributed by atoms with van der Waals surface area (Å²) in [6, 6.07) is 11.8. The van der Waals surface area contributed by atoms with Crippen molar-refractivity contribution in [2.45, 2.75) is 13.0 Å². The normalized spacial score (nSPS) is 10.5.